The van der Waals surface area contributed by atoms with Crippen molar-refractivity contribution >= 4 is 11.6 Å². The zero-order valence-corrected chi connectivity index (χ0v) is 14.2. The first-order valence-electron chi connectivity index (χ1n) is 7.92. The molecular weight excluding hydrogens is 340 g/mol. The number of aliphatic hydroxyl groups is 3. The Labute approximate surface area is 149 Å². The van der Waals surface area contributed by atoms with E-state index >= 15 is 0 Å². The molecule has 0 bridgehead atoms. The molecule has 0 spiro atoms. The third-order valence-electron chi connectivity index (χ3n) is 4.50. The molecule has 0 aromatic heterocycles. The van der Waals surface area contributed by atoms with E-state index in [2.05, 4.69) is 0 Å². The molecule has 0 amide bonds. The van der Waals surface area contributed by atoms with Gasteiger partial charge in [-0.3, -0.25) is 0 Å². The third kappa shape index (κ3) is 2.96. The Hall–Kier alpha value is -2.74. The number of aromatic hydroxyl groups is 2. The Balaban J connectivity index is 2.40. The molecule has 0 radical (unpaired) electrons. The highest BCUT2D eigenvalue weighted by Crippen LogP contribution is 2.34. The van der Waals surface area contributed by atoms with Crippen LogP contribution in [0.5, 0.6) is 23.0 Å². The molecule has 2 atom stereocenters. The van der Waals surface area contributed by atoms with E-state index in [1.165, 1.54) is 38.5 Å². The quantitative estimate of drug-likeness (QED) is 0.462. The minimum atomic E-state index is -1.84. The lowest BCUT2D eigenvalue weighted by Crippen LogP contribution is -2.44. The summed E-state index contributed by atoms with van der Waals surface area (Å²) < 4.78 is 10.2. The lowest BCUT2D eigenvalue weighted by molar-refractivity contribution is -0.0877. The highest BCUT2D eigenvalue weighted by molar-refractivity contribution is 5.74. The van der Waals surface area contributed by atoms with E-state index in [4.69, 9.17) is 9.47 Å². The SMILES string of the molecule is COc1cc(C2=c3cc(O)c(OC)cc3=CC(O)[C@@H]2C(O)O)ccc1O. The summed E-state index contributed by atoms with van der Waals surface area (Å²) in [6.07, 6.45) is -1.54. The van der Waals surface area contributed by atoms with Gasteiger partial charge in [0.25, 0.3) is 0 Å². The van der Waals surface area contributed by atoms with Gasteiger partial charge in [-0.25, -0.2) is 0 Å². The number of aliphatic hydroxyl groups excluding tert-OH is 2. The minimum Gasteiger partial charge on any atom is -0.504 e. The molecule has 7 nitrogen and oxygen atoms in total. The molecule has 7 heteroatoms. The Morgan fingerprint density at radius 1 is 0.923 bits per heavy atom. The van der Waals surface area contributed by atoms with Gasteiger partial charge >= 0.3 is 0 Å². The van der Waals surface area contributed by atoms with Crippen molar-refractivity contribution < 1.29 is 35.0 Å². The van der Waals surface area contributed by atoms with Crippen LogP contribution < -0.4 is 19.9 Å². The highest BCUT2D eigenvalue weighted by atomic mass is 16.5. The van der Waals surface area contributed by atoms with Crippen molar-refractivity contribution in [3.05, 3.63) is 46.3 Å². The highest BCUT2D eigenvalue weighted by Gasteiger charge is 2.32. The van der Waals surface area contributed by atoms with Crippen LogP contribution in [-0.4, -0.2) is 52.1 Å². The molecule has 26 heavy (non-hydrogen) atoms. The van der Waals surface area contributed by atoms with Gasteiger partial charge in [0.15, 0.2) is 29.3 Å². The molecule has 138 valence electrons. The molecule has 3 rings (SSSR count). The summed E-state index contributed by atoms with van der Waals surface area (Å²) in [6.45, 7) is 0. The van der Waals surface area contributed by atoms with Crippen LogP contribution >= 0.6 is 0 Å². The fourth-order valence-corrected chi connectivity index (χ4v) is 3.28. The zero-order chi connectivity index (χ0) is 19.0. The number of ether oxygens (including phenoxy) is 2. The third-order valence-corrected chi connectivity index (χ3v) is 4.50. The van der Waals surface area contributed by atoms with E-state index in [1.807, 2.05) is 0 Å². The van der Waals surface area contributed by atoms with Crippen molar-refractivity contribution in [3.63, 3.8) is 0 Å². The molecule has 0 saturated carbocycles. The number of hydrogen-bond donors (Lipinski definition) is 5. The van der Waals surface area contributed by atoms with Crippen molar-refractivity contribution in [1.82, 2.24) is 0 Å². The number of methoxy groups -OCH3 is 2. The van der Waals surface area contributed by atoms with Gasteiger partial charge in [-0.05, 0) is 51.9 Å². The topological polar surface area (TPSA) is 120 Å². The second-order valence-electron chi connectivity index (χ2n) is 6.01. The smallest absolute Gasteiger partial charge is 0.161 e. The summed E-state index contributed by atoms with van der Waals surface area (Å²) in [5.41, 5.74) is 0.914. The fourth-order valence-electron chi connectivity index (χ4n) is 3.28. The largest absolute Gasteiger partial charge is 0.504 e. The van der Waals surface area contributed by atoms with Gasteiger partial charge in [-0.15, -0.1) is 0 Å². The Morgan fingerprint density at radius 2 is 1.58 bits per heavy atom. The summed E-state index contributed by atoms with van der Waals surface area (Å²) in [7, 11) is 2.81. The van der Waals surface area contributed by atoms with E-state index in [0.717, 1.165) is 0 Å². The minimum absolute atomic E-state index is 0.0707. The molecule has 1 unspecified atom stereocenters. The molecular formula is C19H20O7. The first kappa shape index (κ1) is 18.1. The average Bonchev–Trinajstić information content (AvgIpc) is 2.60. The van der Waals surface area contributed by atoms with Crippen LogP contribution in [0.3, 0.4) is 0 Å². The van der Waals surface area contributed by atoms with Gasteiger partial charge < -0.3 is 35.0 Å². The van der Waals surface area contributed by atoms with Crippen LogP contribution in [0.4, 0.5) is 0 Å². The van der Waals surface area contributed by atoms with Gasteiger partial charge in [0.1, 0.15) is 0 Å². The maximum absolute atomic E-state index is 10.5. The van der Waals surface area contributed by atoms with E-state index in [0.29, 0.717) is 21.6 Å². The van der Waals surface area contributed by atoms with Crippen molar-refractivity contribution in [3.8, 4) is 23.0 Å². The number of rotatable bonds is 4. The zero-order valence-electron chi connectivity index (χ0n) is 14.2. The van der Waals surface area contributed by atoms with Gasteiger partial charge in [0, 0.05) is 0 Å². The maximum atomic E-state index is 10.5. The maximum Gasteiger partial charge on any atom is 0.161 e. The van der Waals surface area contributed by atoms with E-state index in [-0.39, 0.29) is 23.0 Å². The van der Waals surface area contributed by atoms with Gasteiger partial charge in [0.05, 0.1) is 26.2 Å². The Kier molecular flexibility index (Phi) is 4.78. The van der Waals surface area contributed by atoms with Crippen molar-refractivity contribution in [2.45, 2.75) is 12.4 Å². The summed E-state index contributed by atoms with van der Waals surface area (Å²) in [6, 6.07) is 7.52. The van der Waals surface area contributed by atoms with Crippen molar-refractivity contribution in [2.75, 3.05) is 14.2 Å². The van der Waals surface area contributed by atoms with Gasteiger partial charge in [-0.1, -0.05) is 6.07 Å². The van der Waals surface area contributed by atoms with Crippen LogP contribution in [0, 0.1) is 5.92 Å². The van der Waals surface area contributed by atoms with Crippen LogP contribution in [-0.2, 0) is 0 Å². The lowest BCUT2D eigenvalue weighted by Gasteiger charge is -2.29. The lowest BCUT2D eigenvalue weighted by atomic mass is 9.82. The van der Waals surface area contributed by atoms with E-state index in [9.17, 15) is 25.5 Å². The first-order chi connectivity index (χ1) is 12.4. The van der Waals surface area contributed by atoms with Crippen LogP contribution in [0.25, 0.3) is 11.6 Å². The number of phenolic OH excluding ortho intramolecular Hbond substituents is 2. The molecule has 1 aliphatic rings. The molecule has 5 N–H and O–H groups in total. The van der Waals surface area contributed by atoms with Crippen molar-refractivity contribution in [1.29, 1.82) is 0 Å². The first-order valence-corrected chi connectivity index (χ1v) is 7.92. The summed E-state index contributed by atoms with van der Waals surface area (Å²) in [4.78, 5) is 0. The van der Waals surface area contributed by atoms with Crippen LogP contribution in [0.2, 0.25) is 0 Å². The van der Waals surface area contributed by atoms with Crippen molar-refractivity contribution in [2.24, 2.45) is 5.92 Å². The molecule has 2 aromatic carbocycles. The van der Waals surface area contributed by atoms with Gasteiger partial charge in [-0.2, -0.15) is 0 Å². The molecule has 1 aliphatic carbocycles. The van der Waals surface area contributed by atoms with E-state index < -0.39 is 18.3 Å². The summed E-state index contributed by atoms with van der Waals surface area (Å²) in [5, 5.41) is 51.2. The summed E-state index contributed by atoms with van der Waals surface area (Å²) in [5.74, 6) is -0.809. The summed E-state index contributed by atoms with van der Waals surface area (Å²) >= 11 is 0. The number of benzene rings is 2. The Morgan fingerprint density at radius 3 is 2.19 bits per heavy atom. The second kappa shape index (κ2) is 6.87. The normalized spacial score (nSPS) is 19.1. The number of fused-ring (bicyclic) bond motifs is 1. The predicted octanol–water partition coefficient (Wildman–Crippen LogP) is -0.604. The van der Waals surface area contributed by atoms with E-state index in [1.54, 1.807) is 12.1 Å². The van der Waals surface area contributed by atoms with Crippen LogP contribution in [0.15, 0.2) is 30.3 Å². The van der Waals surface area contributed by atoms with Gasteiger partial charge in [0.2, 0.25) is 0 Å². The predicted molar refractivity (Wildman–Crippen MR) is 93.3 cm³/mol. The standard InChI is InChI=1S/C19H20O7/c1-25-15-6-9(3-4-12(15)20)17-11-8-13(21)16(26-2)7-10(11)5-14(22)18(17)19(23)24/h3-8,14,18-24H,1-2H3/t14?,18-/m0/s1. The monoisotopic (exact) mass is 360 g/mol. The Bertz CT molecular complexity index is 949. The van der Waals surface area contributed by atoms with Crippen LogP contribution in [0.1, 0.15) is 5.56 Å². The fraction of sp³-hybridized carbons (Fsp3) is 0.263. The second-order valence-corrected chi connectivity index (χ2v) is 6.01. The average molecular weight is 360 g/mol. The number of hydrogen-bond acceptors (Lipinski definition) is 7. The molecule has 0 saturated heterocycles. The number of phenols is 2. The molecule has 0 aliphatic heterocycles. The molecule has 0 fully saturated rings. The molecule has 2 aromatic rings. The molecule has 0 heterocycles.